The van der Waals surface area contributed by atoms with E-state index in [1.165, 1.54) is 10.8 Å². The highest BCUT2D eigenvalue weighted by Gasteiger charge is 2.48. The van der Waals surface area contributed by atoms with Crippen molar-refractivity contribution in [1.29, 1.82) is 0 Å². The highest BCUT2D eigenvalue weighted by Crippen LogP contribution is 2.44. The third-order valence-corrected chi connectivity index (χ3v) is 10.7. The molecule has 0 amide bonds. The predicted octanol–water partition coefficient (Wildman–Crippen LogP) is 5.97. The van der Waals surface area contributed by atoms with Crippen molar-refractivity contribution in [1.82, 2.24) is 9.97 Å². The molecule has 48 heavy (non-hydrogen) atoms. The molecule has 0 radical (unpaired) electrons. The summed E-state index contributed by atoms with van der Waals surface area (Å²) in [4.78, 5) is 46.3. The van der Waals surface area contributed by atoms with Crippen molar-refractivity contribution in [2.45, 2.75) is 73.1 Å². The minimum atomic E-state index is -0.785. The lowest BCUT2D eigenvalue weighted by Gasteiger charge is -2.36. The summed E-state index contributed by atoms with van der Waals surface area (Å²) in [5.74, 6) is -2.41. The molecule has 1 fully saturated rings. The Balaban J connectivity index is 1.28. The smallest absolute Gasteiger partial charge is 0.303 e. The largest absolute Gasteiger partial charge is 0.481 e. The van der Waals surface area contributed by atoms with E-state index in [1.807, 2.05) is 30.4 Å². The molecule has 6 heteroatoms. The minimum Gasteiger partial charge on any atom is -0.481 e. The van der Waals surface area contributed by atoms with E-state index in [-0.39, 0.29) is 23.4 Å². The molecule has 0 bridgehead atoms. The van der Waals surface area contributed by atoms with E-state index in [9.17, 15) is 14.4 Å². The molecule has 0 saturated heterocycles. The number of carbonyl (C=O) groups excluding carboxylic acids is 2. The molecule has 6 nitrogen and oxygen atoms in total. The van der Waals surface area contributed by atoms with Crippen molar-refractivity contribution in [3.63, 3.8) is 0 Å². The van der Waals surface area contributed by atoms with Gasteiger partial charge in [0.25, 0.3) is 0 Å². The number of unbranched alkanes of at least 4 members (excludes halogenated alkanes) is 2. The quantitative estimate of drug-likeness (QED) is 0.155. The number of carboxylic acid groups (broad SMARTS) is 1. The predicted molar refractivity (Wildman–Crippen MR) is 193 cm³/mol. The fourth-order valence-electron chi connectivity index (χ4n) is 8.36. The van der Waals surface area contributed by atoms with E-state index in [4.69, 9.17) is 5.11 Å². The summed E-state index contributed by atoms with van der Waals surface area (Å²) in [6.45, 7) is 10.8. The number of aromatic amines is 2. The Labute approximate surface area is 280 Å². The van der Waals surface area contributed by atoms with Crippen LogP contribution in [0.3, 0.4) is 0 Å². The summed E-state index contributed by atoms with van der Waals surface area (Å²) in [5, 5.41) is 15.9. The molecule has 0 aliphatic heterocycles. The molecule has 0 spiro atoms. The van der Waals surface area contributed by atoms with Gasteiger partial charge in [-0.3, -0.25) is 14.4 Å². The molecule has 2 aromatic heterocycles. The number of rotatable bonds is 9. The number of ketones is 2. The Morgan fingerprint density at radius 2 is 1.21 bits per heavy atom. The van der Waals surface area contributed by atoms with Gasteiger partial charge in [0, 0.05) is 60.2 Å². The molecule has 3 aliphatic rings. The second-order valence-electron chi connectivity index (χ2n) is 14.8. The Hall–Kier alpha value is -4.71. The number of allylic oxidation sites excluding steroid dienone is 4. The maximum Gasteiger partial charge on any atom is 0.303 e. The van der Waals surface area contributed by atoms with Crippen LogP contribution < -0.4 is 21.1 Å². The fraction of sp³-hybridized carbons (Fsp3) is 0.357. The van der Waals surface area contributed by atoms with Crippen LogP contribution in [0.2, 0.25) is 0 Å². The molecule has 3 aliphatic carbocycles. The van der Waals surface area contributed by atoms with Crippen LogP contribution in [-0.2, 0) is 14.4 Å². The average molecular weight is 641 g/mol. The Kier molecular flexibility index (Phi) is 7.81. The van der Waals surface area contributed by atoms with E-state index in [0.29, 0.717) is 6.42 Å². The number of benzene rings is 2. The lowest BCUT2D eigenvalue weighted by Crippen LogP contribution is -2.48. The van der Waals surface area contributed by atoms with Crippen LogP contribution in [0.15, 0.2) is 71.8 Å². The highest BCUT2D eigenvalue weighted by molar-refractivity contribution is 6.26. The monoisotopic (exact) mass is 640 g/mol. The minimum absolute atomic E-state index is 0.0442. The first kappa shape index (κ1) is 31.9. The van der Waals surface area contributed by atoms with Gasteiger partial charge in [0.15, 0.2) is 11.6 Å². The third kappa shape index (κ3) is 5.22. The molecule has 2 heterocycles. The second-order valence-corrected chi connectivity index (χ2v) is 14.8. The van der Waals surface area contributed by atoms with Gasteiger partial charge in [-0.05, 0) is 60.1 Å². The van der Waals surface area contributed by atoms with Crippen LogP contribution in [0, 0.1) is 22.7 Å². The molecule has 1 saturated carbocycles. The van der Waals surface area contributed by atoms with Crippen LogP contribution in [0.1, 0.15) is 73.1 Å². The van der Waals surface area contributed by atoms with Crippen molar-refractivity contribution in [2.75, 3.05) is 0 Å². The maximum absolute atomic E-state index is 14.0. The molecule has 2 aromatic carbocycles. The molecular formula is C42H44N2O4. The van der Waals surface area contributed by atoms with Crippen molar-refractivity contribution in [3.8, 4) is 0 Å². The van der Waals surface area contributed by atoms with Gasteiger partial charge in [-0.1, -0.05) is 102 Å². The van der Waals surface area contributed by atoms with E-state index >= 15 is 0 Å². The van der Waals surface area contributed by atoms with Gasteiger partial charge in [0.1, 0.15) is 0 Å². The summed E-state index contributed by atoms with van der Waals surface area (Å²) in [6, 6.07) is 16.5. The molecule has 3 N–H and O–H groups in total. The van der Waals surface area contributed by atoms with Crippen molar-refractivity contribution < 1.29 is 19.5 Å². The fourth-order valence-corrected chi connectivity index (χ4v) is 8.36. The van der Waals surface area contributed by atoms with Crippen LogP contribution in [-0.4, -0.2) is 32.6 Å². The number of aliphatic carboxylic acids is 1. The van der Waals surface area contributed by atoms with Crippen LogP contribution in [0.25, 0.3) is 45.1 Å². The number of aromatic nitrogens is 2. The van der Waals surface area contributed by atoms with Crippen LogP contribution in [0.5, 0.6) is 0 Å². The Morgan fingerprint density at radius 1 is 0.729 bits per heavy atom. The number of H-pyrrole nitrogens is 2. The summed E-state index contributed by atoms with van der Waals surface area (Å²) in [7, 11) is 0. The van der Waals surface area contributed by atoms with Crippen molar-refractivity contribution in [3.05, 3.63) is 93.0 Å². The summed E-state index contributed by atoms with van der Waals surface area (Å²) < 4.78 is 0. The first-order valence-corrected chi connectivity index (χ1v) is 17.3. The molecule has 246 valence electrons. The lowest BCUT2D eigenvalue weighted by molar-refractivity contribution is -0.146. The molecule has 7 rings (SSSR count). The van der Waals surface area contributed by atoms with Crippen LogP contribution >= 0.6 is 0 Å². The number of carboxylic acids is 1. The van der Waals surface area contributed by atoms with Gasteiger partial charge in [0.2, 0.25) is 0 Å². The van der Waals surface area contributed by atoms with E-state index in [0.717, 1.165) is 80.1 Å². The number of Topliss-reactive ketones (excluding diaryl/α,β-unsaturated/α-hetero) is 2. The van der Waals surface area contributed by atoms with Gasteiger partial charge in [-0.2, -0.15) is 0 Å². The lowest BCUT2D eigenvalue weighted by atomic mass is 9.65. The van der Waals surface area contributed by atoms with E-state index in [2.05, 4.69) is 87.1 Å². The Morgan fingerprint density at radius 3 is 1.71 bits per heavy atom. The SMILES string of the molecule is CCC1=c2c([nH]c3ccccc23)=CC(C)(C)/C1=C/C1C(=O)C(/C=C2/C(CCCCCC(=O)O)=c3c([nH]c4ccccc34)=CC2(C)C)C1=O. The topological polar surface area (TPSA) is 103 Å². The van der Waals surface area contributed by atoms with Crippen molar-refractivity contribution in [2.24, 2.45) is 22.7 Å². The second kappa shape index (κ2) is 11.8. The molecule has 4 aromatic rings. The number of para-hydroxylation sites is 2. The first-order chi connectivity index (χ1) is 22.9. The number of hydrogen-bond donors (Lipinski definition) is 3. The van der Waals surface area contributed by atoms with Crippen LogP contribution in [0.4, 0.5) is 0 Å². The number of carbonyl (C=O) groups is 3. The van der Waals surface area contributed by atoms with Gasteiger partial charge in [-0.15, -0.1) is 0 Å². The number of hydrogen-bond acceptors (Lipinski definition) is 3. The summed E-state index contributed by atoms with van der Waals surface area (Å²) >= 11 is 0. The third-order valence-electron chi connectivity index (χ3n) is 10.7. The average Bonchev–Trinajstić information content (AvgIpc) is 3.58. The number of nitrogens with one attached hydrogen (secondary N) is 2. The zero-order chi connectivity index (χ0) is 34.0. The molecule has 0 atom stereocenters. The standard InChI is InChI=1S/C42H44N2O4/c1-6-24-30(41(2,3)22-34-37(24)26-15-10-12-17-32(26)43-34)20-28-39(47)29(40(28)48)21-31-25(14-8-7-9-19-36(45)46)38-27-16-11-13-18-33(27)44-35(38)23-42(31,4)5/h10-13,15-18,20-23,28-29,43-44H,6-9,14,19H2,1-5H3,(H,45,46)/b30-20+,31-21-. The summed E-state index contributed by atoms with van der Waals surface area (Å²) in [6.07, 6.45) is 12.3. The van der Waals surface area contributed by atoms with Gasteiger partial charge in [0.05, 0.1) is 11.8 Å². The van der Waals surface area contributed by atoms with Gasteiger partial charge < -0.3 is 15.1 Å². The zero-order valence-electron chi connectivity index (χ0n) is 28.5. The first-order valence-electron chi connectivity index (χ1n) is 17.3. The summed E-state index contributed by atoms with van der Waals surface area (Å²) in [5.41, 5.74) is 5.78. The maximum atomic E-state index is 14.0. The normalized spacial score (nSPS) is 22.9. The highest BCUT2D eigenvalue weighted by atomic mass is 16.4. The Bertz CT molecular complexity index is 2320. The van der Waals surface area contributed by atoms with Gasteiger partial charge >= 0.3 is 5.97 Å². The van der Waals surface area contributed by atoms with Crippen molar-refractivity contribution >= 4 is 62.6 Å². The van der Waals surface area contributed by atoms with E-state index in [1.54, 1.807) is 0 Å². The van der Waals surface area contributed by atoms with Gasteiger partial charge in [-0.25, -0.2) is 0 Å². The zero-order valence-corrected chi connectivity index (χ0v) is 28.5. The molecular weight excluding hydrogens is 596 g/mol. The number of fused-ring (bicyclic) bond motifs is 6. The van der Waals surface area contributed by atoms with E-state index < -0.39 is 23.2 Å². The molecule has 0 unspecified atom stereocenters.